The van der Waals surface area contributed by atoms with Crippen molar-refractivity contribution in [3.05, 3.63) is 0 Å². The summed E-state index contributed by atoms with van der Waals surface area (Å²) in [4.78, 5) is 11.8. The van der Waals surface area contributed by atoms with Crippen molar-refractivity contribution in [2.45, 2.75) is 44.2 Å². The maximum absolute atomic E-state index is 11.8. The van der Waals surface area contributed by atoms with Crippen molar-refractivity contribution in [1.29, 1.82) is 0 Å². The largest absolute Gasteiger partial charge is 0.381 e. The lowest BCUT2D eigenvalue weighted by atomic mass is 9.77. The molecule has 0 radical (unpaired) electrons. The second kappa shape index (κ2) is 4.10. The number of carbonyl (C=O) groups excluding carboxylic acids is 1. The molecule has 4 nitrogen and oxygen atoms in total. The Kier molecular flexibility index (Phi) is 2.98. The normalized spacial score (nSPS) is 30.7. The van der Waals surface area contributed by atoms with Gasteiger partial charge in [0.15, 0.2) is 0 Å². The Morgan fingerprint density at radius 1 is 1.60 bits per heavy atom. The van der Waals surface area contributed by atoms with Gasteiger partial charge in [-0.3, -0.25) is 4.79 Å². The Labute approximate surface area is 90.5 Å². The maximum atomic E-state index is 11.8. The van der Waals surface area contributed by atoms with Crippen LogP contribution in [-0.4, -0.2) is 30.7 Å². The van der Waals surface area contributed by atoms with Crippen LogP contribution >= 0.6 is 0 Å². The third kappa shape index (κ3) is 2.16. The molecule has 2 aliphatic rings. The standard InChI is InChI=1S/C11H20N2O2/c1-8(9-3-6-15-7-9)13-10(14)11(12)4-2-5-11/h8-9H,2-7,12H2,1H3,(H,13,14). The molecule has 0 aromatic carbocycles. The fraction of sp³-hybridized carbons (Fsp3) is 0.909. The van der Waals surface area contributed by atoms with Crippen LogP contribution in [0.4, 0.5) is 0 Å². The van der Waals surface area contributed by atoms with Crippen molar-refractivity contribution < 1.29 is 9.53 Å². The van der Waals surface area contributed by atoms with Gasteiger partial charge in [0.1, 0.15) is 0 Å². The van der Waals surface area contributed by atoms with E-state index in [0.717, 1.165) is 38.9 Å². The van der Waals surface area contributed by atoms with Crippen molar-refractivity contribution >= 4 is 5.91 Å². The first-order valence-corrected chi connectivity index (χ1v) is 5.79. The minimum atomic E-state index is -0.576. The molecule has 0 spiro atoms. The number of hydrogen-bond acceptors (Lipinski definition) is 3. The van der Waals surface area contributed by atoms with Crippen LogP contribution in [0.25, 0.3) is 0 Å². The number of carbonyl (C=O) groups is 1. The first kappa shape index (κ1) is 10.9. The molecule has 1 saturated heterocycles. The first-order chi connectivity index (χ1) is 7.12. The van der Waals surface area contributed by atoms with E-state index in [1.807, 2.05) is 6.92 Å². The van der Waals surface area contributed by atoms with Crippen LogP contribution < -0.4 is 11.1 Å². The molecule has 2 unspecified atom stereocenters. The zero-order chi connectivity index (χ0) is 10.9. The molecule has 2 rings (SSSR count). The van der Waals surface area contributed by atoms with E-state index in [4.69, 9.17) is 10.5 Å². The molecule has 0 bridgehead atoms. The van der Waals surface area contributed by atoms with E-state index >= 15 is 0 Å². The highest BCUT2D eigenvalue weighted by Crippen LogP contribution is 2.29. The molecule has 1 aliphatic heterocycles. The molecule has 86 valence electrons. The van der Waals surface area contributed by atoms with Gasteiger partial charge in [-0.15, -0.1) is 0 Å². The Balaban J connectivity index is 1.82. The molecule has 1 heterocycles. The van der Waals surface area contributed by atoms with Gasteiger partial charge in [0.2, 0.25) is 5.91 Å². The van der Waals surface area contributed by atoms with Crippen LogP contribution in [0.15, 0.2) is 0 Å². The fourth-order valence-corrected chi connectivity index (χ4v) is 2.20. The molecule has 15 heavy (non-hydrogen) atoms. The summed E-state index contributed by atoms with van der Waals surface area (Å²) in [6.45, 7) is 3.62. The quantitative estimate of drug-likeness (QED) is 0.712. The molecule has 4 heteroatoms. The van der Waals surface area contributed by atoms with Gasteiger partial charge in [-0.05, 0) is 32.6 Å². The summed E-state index contributed by atoms with van der Waals surface area (Å²) in [7, 11) is 0. The molecular formula is C11H20N2O2. The average molecular weight is 212 g/mol. The zero-order valence-corrected chi connectivity index (χ0v) is 9.29. The van der Waals surface area contributed by atoms with Crippen molar-refractivity contribution in [1.82, 2.24) is 5.32 Å². The van der Waals surface area contributed by atoms with Crippen LogP contribution in [-0.2, 0) is 9.53 Å². The lowest BCUT2D eigenvalue weighted by Crippen LogP contribution is -2.60. The average Bonchev–Trinajstić information content (AvgIpc) is 2.66. The molecule has 1 aliphatic carbocycles. The number of nitrogens with one attached hydrogen (secondary N) is 1. The summed E-state index contributed by atoms with van der Waals surface area (Å²) in [5.41, 5.74) is 5.37. The van der Waals surface area contributed by atoms with E-state index in [0.29, 0.717) is 5.92 Å². The fourth-order valence-electron chi connectivity index (χ4n) is 2.20. The van der Waals surface area contributed by atoms with Crippen LogP contribution in [0.3, 0.4) is 0 Å². The van der Waals surface area contributed by atoms with Gasteiger partial charge in [0.25, 0.3) is 0 Å². The third-order valence-corrected chi connectivity index (χ3v) is 3.73. The van der Waals surface area contributed by atoms with Gasteiger partial charge >= 0.3 is 0 Å². The molecule has 0 aromatic rings. The number of ether oxygens (including phenoxy) is 1. The summed E-state index contributed by atoms with van der Waals surface area (Å²) in [5, 5.41) is 3.02. The van der Waals surface area contributed by atoms with Crippen LogP contribution in [0.2, 0.25) is 0 Å². The minimum Gasteiger partial charge on any atom is -0.381 e. The first-order valence-electron chi connectivity index (χ1n) is 5.79. The van der Waals surface area contributed by atoms with E-state index in [1.165, 1.54) is 0 Å². The Bertz CT molecular complexity index is 245. The molecular weight excluding hydrogens is 192 g/mol. The van der Waals surface area contributed by atoms with Gasteiger partial charge in [0.05, 0.1) is 12.1 Å². The van der Waals surface area contributed by atoms with Crippen LogP contribution in [0.5, 0.6) is 0 Å². The van der Waals surface area contributed by atoms with Gasteiger partial charge < -0.3 is 15.8 Å². The molecule has 1 saturated carbocycles. The van der Waals surface area contributed by atoms with Crippen LogP contribution in [0, 0.1) is 5.92 Å². The highest BCUT2D eigenvalue weighted by atomic mass is 16.5. The predicted octanol–water partition coefficient (Wildman–Crippen LogP) is 0.409. The zero-order valence-electron chi connectivity index (χ0n) is 9.29. The Hall–Kier alpha value is -0.610. The Morgan fingerprint density at radius 3 is 2.80 bits per heavy atom. The summed E-state index contributed by atoms with van der Waals surface area (Å²) in [6.07, 6.45) is 3.77. The maximum Gasteiger partial charge on any atom is 0.240 e. The Morgan fingerprint density at radius 2 is 2.33 bits per heavy atom. The topological polar surface area (TPSA) is 64.4 Å². The van der Waals surface area contributed by atoms with Crippen LogP contribution in [0.1, 0.15) is 32.6 Å². The number of rotatable bonds is 3. The van der Waals surface area contributed by atoms with E-state index in [9.17, 15) is 4.79 Å². The van der Waals surface area contributed by atoms with E-state index in [1.54, 1.807) is 0 Å². The van der Waals surface area contributed by atoms with Crippen molar-refractivity contribution in [3.8, 4) is 0 Å². The summed E-state index contributed by atoms with van der Waals surface area (Å²) >= 11 is 0. The summed E-state index contributed by atoms with van der Waals surface area (Å²) in [6, 6.07) is 0.182. The molecule has 3 N–H and O–H groups in total. The van der Waals surface area contributed by atoms with Gasteiger partial charge in [-0.25, -0.2) is 0 Å². The number of amides is 1. The number of hydrogen-bond donors (Lipinski definition) is 2. The van der Waals surface area contributed by atoms with E-state index < -0.39 is 5.54 Å². The predicted molar refractivity (Wildman–Crippen MR) is 57.3 cm³/mol. The van der Waals surface area contributed by atoms with Crippen molar-refractivity contribution in [2.75, 3.05) is 13.2 Å². The number of nitrogens with two attached hydrogens (primary N) is 1. The van der Waals surface area contributed by atoms with Gasteiger partial charge in [0, 0.05) is 18.6 Å². The molecule has 0 aromatic heterocycles. The third-order valence-electron chi connectivity index (χ3n) is 3.73. The second-order valence-electron chi connectivity index (χ2n) is 4.90. The second-order valence-corrected chi connectivity index (χ2v) is 4.90. The van der Waals surface area contributed by atoms with E-state index in [2.05, 4.69) is 5.32 Å². The smallest absolute Gasteiger partial charge is 0.240 e. The molecule has 2 atom stereocenters. The monoisotopic (exact) mass is 212 g/mol. The summed E-state index contributed by atoms with van der Waals surface area (Å²) in [5.74, 6) is 0.478. The molecule has 1 amide bonds. The lowest BCUT2D eigenvalue weighted by molar-refractivity contribution is -0.130. The van der Waals surface area contributed by atoms with Gasteiger partial charge in [-0.2, -0.15) is 0 Å². The highest BCUT2D eigenvalue weighted by molar-refractivity contribution is 5.87. The minimum absolute atomic E-state index is 0.0214. The van der Waals surface area contributed by atoms with Gasteiger partial charge in [-0.1, -0.05) is 0 Å². The highest BCUT2D eigenvalue weighted by Gasteiger charge is 2.41. The lowest BCUT2D eigenvalue weighted by Gasteiger charge is -2.37. The van der Waals surface area contributed by atoms with Crippen molar-refractivity contribution in [2.24, 2.45) is 11.7 Å². The SMILES string of the molecule is CC(NC(=O)C1(N)CCC1)C1CCOC1. The summed E-state index contributed by atoms with van der Waals surface area (Å²) < 4.78 is 5.30. The van der Waals surface area contributed by atoms with E-state index in [-0.39, 0.29) is 11.9 Å². The van der Waals surface area contributed by atoms with Crippen molar-refractivity contribution in [3.63, 3.8) is 0 Å². The molecule has 2 fully saturated rings.